The van der Waals surface area contributed by atoms with Gasteiger partial charge >= 0.3 is 5.97 Å². The molecule has 144 valence electrons. The van der Waals surface area contributed by atoms with Gasteiger partial charge in [-0.25, -0.2) is 0 Å². The third-order valence-corrected chi connectivity index (χ3v) is 4.78. The number of hydrogen-bond donors (Lipinski definition) is 2. The maximum absolute atomic E-state index is 11.8. The molecule has 9 nitrogen and oxygen atoms in total. The Labute approximate surface area is 153 Å². The molecule has 2 fully saturated rings. The van der Waals surface area contributed by atoms with Crippen LogP contribution in [0.1, 0.15) is 38.4 Å². The maximum atomic E-state index is 11.8. The number of piperidine rings is 1. The summed E-state index contributed by atoms with van der Waals surface area (Å²) in [6.07, 6.45) is 3.94. The molecule has 9 heteroatoms. The largest absolute Gasteiger partial charge is 0.466 e. The van der Waals surface area contributed by atoms with Gasteiger partial charge in [0.2, 0.25) is 11.9 Å². The van der Waals surface area contributed by atoms with Crippen LogP contribution in [0.5, 0.6) is 0 Å². The van der Waals surface area contributed by atoms with Crippen LogP contribution in [-0.4, -0.2) is 64.8 Å². The highest BCUT2D eigenvalue weighted by molar-refractivity contribution is 5.72. The molecule has 2 aliphatic rings. The summed E-state index contributed by atoms with van der Waals surface area (Å²) in [6, 6.07) is 0. The third-order valence-electron chi connectivity index (χ3n) is 4.78. The lowest BCUT2D eigenvalue weighted by molar-refractivity contribution is -0.149. The van der Waals surface area contributed by atoms with Crippen LogP contribution in [0.3, 0.4) is 0 Å². The van der Waals surface area contributed by atoms with Gasteiger partial charge in [0.1, 0.15) is 5.82 Å². The number of nitrogens with one attached hydrogen (secondary N) is 1. The van der Waals surface area contributed by atoms with Gasteiger partial charge in [0, 0.05) is 13.2 Å². The van der Waals surface area contributed by atoms with Crippen molar-refractivity contribution in [3.63, 3.8) is 0 Å². The first-order chi connectivity index (χ1) is 12.6. The van der Waals surface area contributed by atoms with Gasteiger partial charge < -0.3 is 20.5 Å². The molecule has 3 N–H and O–H groups in total. The van der Waals surface area contributed by atoms with Crippen LogP contribution < -0.4 is 11.1 Å². The van der Waals surface area contributed by atoms with E-state index in [1.807, 2.05) is 6.92 Å². The zero-order valence-corrected chi connectivity index (χ0v) is 15.3. The predicted octanol–water partition coefficient (Wildman–Crippen LogP) is 0.820. The van der Waals surface area contributed by atoms with Gasteiger partial charge in [-0.15, -0.1) is 0 Å². The van der Waals surface area contributed by atoms with Crippen LogP contribution in [0.4, 0.5) is 11.9 Å². The highest BCUT2D eigenvalue weighted by Gasteiger charge is 2.26. The summed E-state index contributed by atoms with van der Waals surface area (Å²) in [6.45, 7) is 5.98. The molecular formula is C17H28N6O3. The van der Waals surface area contributed by atoms with Gasteiger partial charge in [-0.05, 0) is 45.7 Å². The second kappa shape index (κ2) is 9.09. The van der Waals surface area contributed by atoms with E-state index in [9.17, 15) is 4.79 Å². The minimum atomic E-state index is -0.0860. The number of anilines is 2. The molecule has 1 aromatic rings. The molecular weight excluding hydrogens is 336 g/mol. The Morgan fingerprint density at radius 1 is 1.31 bits per heavy atom. The van der Waals surface area contributed by atoms with Gasteiger partial charge in [0.15, 0.2) is 0 Å². The van der Waals surface area contributed by atoms with Crippen LogP contribution in [0, 0.1) is 5.92 Å². The molecule has 3 heterocycles. The fourth-order valence-corrected chi connectivity index (χ4v) is 3.39. The zero-order chi connectivity index (χ0) is 18.4. The lowest BCUT2D eigenvalue weighted by Gasteiger charge is -2.30. The summed E-state index contributed by atoms with van der Waals surface area (Å²) in [7, 11) is 0. The molecule has 0 bridgehead atoms. The molecule has 3 rings (SSSR count). The number of nitrogens with zero attached hydrogens (tertiary/aromatic N) is 4. The van der Waals surface area contributed by atoms with E-state index in [4.69, 9.17) is 15.2 Å². The molecule has 2 saturated heterocycles. The SMILES string of the molecule is CCOC(=O)C1CCN(Cc2nc(N)nc(NCC3CCCO3)n2)CC1. The van der Waals surface area contributed by atoms with Crippen molar-refractivity contribution in [1.82, 2.24) is 19.9 Å². The van der Waals surface area contributed by atoms with E-state index >= 15 is 0 Å². The average molecular weight is 364 g/mol. The summed E-state index contributed by atoms with van der Waals surface area (Å²) in [4.78, 5) is 26.9. The van der Waals surface area contributed by atoms with Gasteiger partial charge in [0.05, 0.1) is 25.2 Å². The maximum Gasteiger partial charge on any atom is 0.309 e. The number of nitrogens with two attached hydrogens (primary N) is 1. The molecule has 2 aliphatic heterocycles. The normalized spacial score (nSPS) is 21.7. The summed E-state index contributed by atoms with van der Waals surface area (Å²) >= 11 is 0. The molecule has 1 unspecified atom stereocenters. The predicted molar refractivity (Wildman–Crippen MR) is 96.3 cm³/mol. The second-order valence-corrected chi connectivity index (χ2v) is 6.75. The molecule has 26 heavy (non-hydrogen) atoms. The minimum absolute atomic E-state index is 0.00160. The van der Waals surface area contributed by atoms with E-state index in [0.29, 0.717) is 31.5 Å². The van der Waals surface area contributed by atoms with E-state index in [1.165, 1.54) is 0 Å². The molecule has 0 saturated carbocycles. The number of rotatable bonds is 7. The highest BCUT2D eigenvalue weighted by Crippen LogP contribution is 2.20. The minimum Gasteiger partial charge on any atom is -0.466 e. The zero-order valence-electron chi connectivity index (χ0n) is 15.3. The van der Waals surface area contributed by atoms with Crippen molar-refractivity contribution in [3.05, 3.63) is 5.82 Å². The molecule has 0 radical (unpaired) electrons. The third kappa shape index (κ3) is 5.25. The molecule has 0 aliphatic carbocycles. The van der Waals surface area contributed by atoms with Crippen LogP contribution in [0.25, 0.3) is 0 Å². The number of hydrogen-bond acceptors (Lipinski definition) is 9. The molecule has 1 atom stereocenters. The topological polar surface area (TPSA) is 115 Å². The lowest BCUT2D eigenvalue weighted by atomic mass is 9.97. The van der Waals surface area contributed by atoms with E-state index in [2.05, 4.69) is 25.2 Å². The summed E-state index contributed by atoms with van der Waals surface area (Å²) in [5, 5.41) is 3.19. The highest BCUT2D eigenvalue weighted by atomic mass is 16.5. The Morgan fingerprint density at radius 2 is 2.12 bits per heavy atom. The molecule has 1 aromatic heterocycles. The van der Waals surface area contributed by atoms with E-state index in [1.54, 1.807) is 0 Å². The number of aromatic nitrogens is 3. The first kappa shape index (κ1) is 18.8. The number of nitrogen functional groups attached to an aromatic ring is 1. The van der Waals surface area contributed by atoms with Crippen molar-refractivity contribution in [3.8, 4) is 0 Å². The van der Waals surface area contributed by atoms with Gasteiger partial charge in [0.25, 0.3) is 0 Å². The van der Waals surface area contributed by atoms with Gasteiger partial charge in [-0.1, -0.05) is 0 Å². The van der Waals surface area contributed by atoms with Crippen molar-refractivity contribution in [2.75, 3.05) is 43.9 Å². The van der Waals surface area contributed by atoms with E-state index < -0.39 is 0 Å². The monoisotopic (exact) mass is 364 g/mol. The number of carbonyl (C=O) groups is 1. The quantitative estimate of drug-likeness (QED) is 0.678. The number of carbonyl (C=O) groups excluding carboxylic acids is 1. The fourth-order valence-electron chi connectivity index (χ4n) is 3.39. The van der Waals surface area contributed by atoms with Crippen molar-refractivity contribution in [1.29, 1.82) is 0 Å². The van der Waals surface area contributed by atoms with Crippen molar-refractivity contribution >= 4 is 17.9 Å². The van der Waals surface area contributed by atoms with E-state index in [0.717, 1.165) is 45.4 Å². The first-order valence-corrected chi connectivity index (χ1v) is 9.39. The van der Waals surface area contributed by atoms with Gasteiger partial charge in [-0.3, -0.25) is 9.69 Å². The Bertz CT molecular complexity index is 600. The van der Waals surface area contributed by atoms with Crippen LogP contribution in [0.15, 0.2) is 0 Å². The second-order valence-electron chi connectivity index (χ2n) is 6.75. The summed E-state index contributed by atoms with van der Waals surface area (Å²) < 4.78 is 10.7. The Hall–Kier alpha value is -2.00. The lowest BCUT2D eigenvalue weighted by Crippen LogP contribution is -2.37. The molecule has 0 aromatic carbocycles. The average Bonchev–Trinajstić information content (AvgIpc) is 3.14. The first-order valence-electron chi connectivity index (χ1n) is 9.39. The van der Waals surface area contributed by atoms with Crippen molar-refractivity contribution in [2.24, 2.45) is 5.92 Å². The summed E-state index contributed by atoms with van der Waals surface area (Å²) in [5.74, 6) is 1.26. The van der Waals surface area contributed by atoms with Crippen LogP contribution in [-0.2, 0) is 20.8 Å². The van der Waals surface area contributed by atoms with Crippen molar-refractivity contribution < 1.29 is 14.3 Å². The molecule has 0 spiro atoms. The Kier molecular flexibility index (Phi) is 6.56. The van der Waals surface area contributed by atoms with E-state index in [-0.39, 0.29) is 23.9 Å². The standard InChI is InChI=1S/C17H28N6O3/c1-2-25-15(24)12-5-7-23(8-6-12)11-14-20-16(18)22-17(21-14)19-10-13-4-3-9-26-13/h12-13H,2-11H2,1H3,(H3,18,19,20,21,22). The Balaban J connectivity index is 1.50. The summed E-state index contributed by atoms with van der Waals surface area (Å²) in [5.41, 5.74) is 5.83. The number of ether oxygens (including phenoxy) is 2. The number of likely N-dealkylation sites (tertiary alicyclic amines) is 1. The Morgan fingerprint density at radius 3 is 2.81 bits per heavy atom. The van der Waals surface area contributed by atoms with Crippen LogP contribution >= 0.6 is 0 Å². The number of esters is 1. The van der Waals surface area contributed by atoms with Crippen molar-refractivity contribution in [2.45, 2.75) is 45.3 Å². The molecule has 0 amide bonds. The fraction of sp³-hybridized carbons (Fsp3) is 0.765. The van der Waals surface area contributed by atoms with Crippen LogP contribution in [0.2, 0.25) is 0 Å². The smallest absolute Gasteiger partial charge is 0.309 e. The van der Waals surface area contributed by atoms with Gasteiger partial charge in [-0.2, -0.15) is 15.0 Å².